The molecule has 0 aromatic carbocycles. The number of hydrogen-bond acceptors (Lipinski definition) is 4. The van der Waals surface area contributed by atoms with Crippen LogP contribution < -0.4 is 10.6 Å². The molecule has 0 saturated carbocycles. The summed E-state index contributed by atoms with van der Waals surface area (Å²) in [4.78, 5) is 14.1. The minimum absolute atomic E-state index is 0.252. The summed E-state index contributed by atoms with van der Waals surface area (Å²) in [6, 6.07) is 0.894. The molecular weight excluding hydrogens is 254 g/mol. The zero-order chi connectivity index (χ0) is 15.2. The zero-order valence-corrected chi connectivity index (χ0v) is 13.7. The van der Waals surface area contributed by atoms with E-state index in [4.69, 9.17) is 4.74 Å². The van der Waals surface area contributed by atoms with Crippen LogP contribution in [-0.4, -0.2) is 54.9 Å². The highest BCUT2D eigenvalue weighted by Crippen LogP contribution is 2.15. The summed E-state index contributed by atoms with van der Waals surface area (Å²) in [5.41, 5.74) is -0.438. The quantitative estimate of drug-likeness (QED) is 0.783. The highest BCUT2D eigenvalue weighted by molar-refractivity contribution is 5.67. The molecule has 1 heterocycles. The second kappa shape index (κ2) is 7.84. The fraction of sp³-hybridized carbons (Fsp3) is 0.933. The monoisotopic (exact) mass is 285 g/mol. The lowest BCUT2D eigenvalue weighted by molar-refractivity contribution is 0.0523. The minimum atomic E-state index is -0.438. The summed E-state index contributed by atoms with van der Waals surface area (Å²) in [7, 11) is 0. The van der Waals surface area contributed by atoms with Gasteiger partial charge in [0.15, 0.2) is 0 Å². The van der Waals surface area contributed by atoms with E-state index in [1.807, 2.05) is 20.8 Å². The number of carbonyl (C=O) groups excluding carboxylic acids is 1. The summed E-state index contributed by atoms with van der Waals surface area (Å²) in [6.45, 7) is 13.8. The third-order valence-electron chi connectivity index (χ3n) is 3.56. The van der Waals surface area contributed by atoms with E-state index in [1.54, 1.807) is 0 Å². The first-order valence-electron chi connectivity index (χ1n) is 7.76. The molecule has 5 nitrogen and oxygen atoms in total. The summed E-state index contributed by atoms with van der Waals surface area (Å²) in [5, 5.41) is 6.30. The SMILES string of the molecule is CCN1CCCC1CNC(C)CNC(=O)OC(C)(C)C. The predicted octanol–water partition coefficient (Wildman–Crippen LogP) is 1.97. The molecule has 2 N–H and O–H groups in total. The predicted molar refractivity (Wildman–Crippen MR) is 82.0 cm³/mol. The van der Waals surface area contributed by atoms with Crippen LogP contribution in [0.2, 0.25) is 0 Å². The molecule has 2 unspecified atom stereocenters. The smallest absolute Gasteiger partial charge is 0.407 e. The van der Waals surface area contributed by atoms with Gasteiger partial charge in [-0.1, -0.05) is 6.92 Å². The number of alkyl carbamates (subject to hydrolysis) is 1. The van der Waals surface area contributed by atoms with Crippen LogP contribution in [0.15, 0.2) is 0 Å². The maximum absolute atomic E-state index is 11.6. The van der Waals surface area contributed by atoms with Gasteiger partial charge >= 0.3 is 6.09 Å². The van der Waals surface area contributed by atoms with E-state index < -0.39 is 5.60 Å². The molecule has 0 aromatic rings. The Labute approximate surface area is 123 Å². The van der Waals surface area contributed by atoms with Crippen molar-refractivity contribution < 1.29 is 9.53 Å². The van der Waals surface area contributed by atoms with E-state index >= 15 is 0 Å². The second-order valence-corrected chi connectivity index (χ2v) is 6.62. The lowest BCUT2D eigenvalue weighted by Crippen LogP contribution is -2.45. The number of nitrogens with zero attached hydrogens (tertiary/aromatic N) is 1. The molecule has 1 aliphatic heterocycles. The largest absolute Gasteiger partial charge is 0.444 e. The standard InChI is InChI=1S/C15H31N3O2/c1-6-18-9-7-8-13(18)11-16-12(2)10-17-14(19)20-15(3,4)5/h12-13,16H,6-11H2,1-5H3,(H,17,19). The zero-order valence-electron chi connectivity index (χ0n) is 13.7. The van der Waals surface area contributed by atoms with Gasteiger partial charge in [0.25, 0.3) is 0 Å². The number of ether oxygens (including phenoxy) is 1. The number of nitrogens with one attached hydrogen (secondary N) is 2. The molecule has 20 heavy (non-hydrogen) atoms. The van der Waals surface area contributed by atoms with Crippen molar-refractivity contribution in [3.8, 4) is 0 Å². The van der Waals surface area contributed by atoms with E-state index in [0.717, 1.165) is 13.1 Å². The number of likely N-dealkylation sites (tertiary alicyclic amines) is 1. The second-order valence-electron chi connectivity index (χ2n) is 6.62. The Bertz CT molecular complexity index is 302. The van der Waals surface area contributed by atoms with Crippen molar-refractivity contribution in [1.29, 1.82) is 0 Å². The summed E-state index contributed by atoms with van der Waals surface area (Å²) >= 11 is 0. The Kier molecular flexibility index (Phi) is 6.76. The molecule has 2 atom stereocenters. The first-order chi connectivity index (χ1) is 9.31. The third-order valence-corrected chi connectivity index (χ3v) is 3.56. The maximum Gasteiger partial charge on any atom is 0.407 e. The number of hydrogen-bond donors (Lipinski definition) is 2. The van der Waals surface area contributed by atoms with E-state index in [1.165, 1.54) is 19.4 Å². The first kappa shape index (κ1) is 17.2. The Balaban J connectivity index is 2.17. The number of likely N-dealkylation sites (N-methyl/N-ethyl adjacent to an activating group) is 1. The van der Waals surface area contributed by atoms with Crippen LogP contribution >= 0.6 is 0 Å². The Hall–Kier alpha value is -0.810. The van der Waals surface area contributed by atoms with E-state index in [-0.39, 0.29) is 12.1 Å². The Morgan fingerprint density at radius 1 is 1.45 bits per heavy atom. The maximum atomic E-state index is 11.6. The average molecular weight is 285 g/mol. The van der Waals surface area contributed by atoms with Gasteiger partial charge in [0.05, 0.1) is 0 Å². The summed E-state index contributed by atoms with van der Waals surface area (Å²) < 4.78 is 5.21. The molecule has 0 aliphatic carbocycles. The van der Waals surface area contributed by atoms with Gasteiger partial charge in [-0.25, -0.2) is 4.79 Å². The van der Waals surface area contributed by atoms with Crippen molar-refractivity contribution in [3.63, 3.8) is 0 Å². The molecule has 1 aliphatic rings. The van der Waals surface area contributed by atoms with Crippen LogP contribution in [0.1, 0.15) is 47.5 Å². The van der Waals surface area contributed by atoms with Crippen molar-refractivity contribution in [2.24, 2.45) is 0 Å². The van der Waals surface area contributed by atoms with Crippen LogP contribution in [0.25, 0.3) is 0 Å². The molecule has 0 bridgehead atoms. The fourth-order valence-corrected chi connectivity index (χ4v) is 2.50. The molecule has 0 spiro atoms. The lowest BCUT2D eigenvalue weighted by Gasteiger charge is -2.25. The van der Waals surface area contributed by atoms with E-state index in [0.29, 0.717) is 12.6 Å². The average Bonchev–Trinajstić information content (AvgIpc) is 2.79. The summed E-state index contributed by atoms with van der Waals surface area (Å²) in [5.74, 6) is 0. The third kappa shape index (κ3) is 6.57. The fourth-order valence-electron chi connectivity index (χ4n) is 2.50. The van der Waals surface area contributed by atoms with Gasteiger partial charge in [0, 0.05) is 25.2 Å². The van der Waals surface area contributed by atoms with Gasteiger partial charge in [-0.05, 0) is 53.6 Å². The van der Waals surface area contributed by atoms with Gasteiger partial charge in [0.1, 0.15) is 5.60 Å². The van der Waals surface area contributed by atoms with Gasteiger partial charge in [-0.2, -0.15) is 0 Å². The highest BCUT2D eigenvalue weighted by Gasteiger charge is 2.23. The van der Waals surface area contributed by atoms with Gasteiger partial charge in [-0.15, -0.1) is 0 Å². The van der Waals surface area contributed by atoms with Gasteiger partial charge < -0.3 is 15.4 Å². The molecule has 0 radical (unpaired) electrons. The molecule has 0 aromatic heterocycles. The van der Waals surface area contributed by atoms with Crippen molar-refractivity contribution in [1.82, 2.24) is 15.5 Å². The molecule has 118 valence electrons. The van der Waals surface area contributed by atoms with Crippen molar-refractivity contribution >= 4 is 6.09 Å². The topological polar surface area (TPSA) is 53.6 Å². The van der Waals surface area contributed by atoms with E-state index in [2.05, 4.69) is 29.4 Å². The first-order valence-corrected chi connectivity index (χ1v) is 7.76. The highest BCUT2D eigenvalue weighted by atomic mass is 16.6. The molecule has 1 amide bonds. The van der Waals surface area contributed by atoms with Crippen LogP contribution in [0.3, 0.4) is 0 Å². The van der Waals surface area contributed by atoms with Crippen LogP contribution in [0.4, 0.5) is 4.79 Å². The molecule has 5 heteroatoms. The number of rotatable bonds is 6. The number of amides is 1. The molecule has 1 fully saturated rings. The Morgan fingerprint density at radius 3 is 2.75 bits per heavy atom. The van der Waals surface area contributed by atoms with Crippen LogP contribution in [-0.2, 0) is 4.74 Å². The Morgan fingerprint density at radius 2 is 2.15 bits per heavy atom. The van der Waals surface area contributed by atoms with Crippen molar-refractivity contribution in [3.05, 3.63) is 0 Å². The molecule has 1 rings (SSSR count). The summed E-state index contributed by atoms with van der Waals surface area (Å²) in [6.07, 6.45) is 2.22. The lowest BCUT2D eigenvalue weighted by atomic mass is 10.2. The molecular formula is C15H31N3O2. The van der Waals surface area contributed by atoms with Gasteiger partial charge in [-0.3, -0.25) is 4.90 Å². The van der Waals surface area contributed by atoms with Gasteiger partial charge in [0.2, 0.25) is 0 Å². The minimum Gasteiger partial charge on any atom is -0.444 e. The van der Waals surface area contributed by atoms with E-state index in [9.17, 15) is 4.79 Å². The van der Waals surface area contributed by atoms with Crippen molar-refractivity contribution in [2.45, 2.75) is 65.1 Å². The van der Waals surface area contributed by atoms with Crippen molar-refractivity contribution in [2.75, 3.05) is 26.2 Å². The van der Waals surface area contributed by atoms with Crippen LogP contribution in [0.5, 0.6) is 0 Å². The normalized spacial score (nSPS) is 21.8. The number of carbonyl (C=O) groups is 1. The molecule has 1 saturated heterocycles. The van der Waals surface area contributed by atoms with Crippen LogP contribution in [0, 0.1) is 0 Å².